The third-order valence-corrected chi connectivity index (χ3v) is 3.71. The Labute approximate surface area is 179 Å². The molecule has 0 fully saturated rings. The summed E-state index contributed by atoms with van der Waals surface area (Å²) in [6.07, 6.45) is 1.54. The SMILES string of the molecule is COc1cc(C=NNc2nc(Nc3ccc(F)cc3)nc(N(C)C)n2)ccc1O.Cl. The van der Waals surface area contributed by atoms with Gasteiger partial charge in [0.25, 0.3) is 0 Å². The zero-order valence-corrected chi connectivity index (χ0v) is 17.3. The van der Waals surface area contributed by atoms with Gasteiger partial charge in [-0.1, -0.05) is 0 Å². The molecule has 1 heterocycles. The van der Waals surface area contributed by atoms with E-state index in [1.165, 1.54) is 31.5 Å². The van der Waals surface area contributed by atoms with Crippen LogP contribution < -0.4 is 20.4 Å². The number of hydrazone groups is 1. The number of ether oxygens (including phenoxy) is 1. The summed E-state index contributed by atoms with van der Waals surface area (Å²) >= 11 is 0. The van der Waals surface area contributed by atoms with Crippen LogP contribution in [0.2, 0.25) is 0 Å². The number of methoxy groups -OCH3 is 1. The molecule has 0 aliphatic heterocycles. The molecule has 0 aliphatic carbocycles. The summed E-state index contributed by atoms with van der Waals surface area (Å²) in [5, 5.41) is 16.8. The number of rotatable bonds is 7. The fourth-order valence-corrected chi connectivity index (χ4v) is 2.27. The van der Waals surface area contributed by atoms with Gasteiger partial charge >= 0.3 is 0 Å². The Bertz CT molecular complexity index is 1020. The van der Waals surface area contributed by atoms with Crippen molar-refractivity contribution >= 4 is 42.2 Å². The third-order valence-electron chi connectivity index (χ3n) is 3.71. The zero-order valence-electron chi connectivity index (χ0n) is 16.5. The van der Waals surface area contributed by atoms with Crippen molar-refractivity contribution in [1.29, 1.82) is 0 Å². The molecule has 0 atom stereocenters. The van der Waals surface area contributed by atoms with E-state index in [1.54, 1.807) is 43.3 Å². The molecule has 3 N–H and O–H groups in total. The van der Waals surface area contributed by atoms with E-state index in [0.29, 0.717) is 22.9 Å². The molecule has 0 amide bonds. The summed E-state index contributed by atoms with van der Waals surface area (Å²) in [4.78, 5) is 14.6. The largest absolute Gasteiger partial charge is 0.504 e. The van der Waals surface area contributed by atoms with Crippen molar-refractivity contribution in [1.82, 2.24) is 15.0 Å². The minimum Gasteiger partial charge on any atom is -0.504 e. The van der Waals surface area contributed by atoms with Crippen LogP contribution in [0.15, 0.2) is 47.6 Å². The van der Waals surface area contributed by atoms with Gasteiger partial charge in [-0.2, -0.15) is 20.1 Å². The topological polar surface area (TPSA) is 108 Å². The maximum Gasteiger partial charge on any atom is 0.250 e. The highest BCUT2D eigenvalue weighted by atomic mass is 35.5. The van der Waals surface area contributed by atoms with E-state index >= 15 is 0 Å². The summed E-state index contributed by atoms with van der Waals surface area (Å²) < 4.78 is 18.2. The number of anilines is 4. The number of phenols is 1. The minimum absolute atomic E-state index is 0. The predicted octanol–water partition coefficient (Wildman–Crippen LogP) is 3.40. The average molecular weight is 434 g/mol. The first-order valence-electron chi connectivity index (χ1n) is 8.56. The van der Waals surface area contributed by atoms with Crippen LogP contribution in [0.4, 0.5) is 27.9 Å². The standard InChI is InChI=1S/C19H20FN7O2.ClH/c1-27(2)19-24-17(22-14-7-5-13(20)6-8-14)23-18(25-19)26-21-11-12-4-9-15(28)16(10-12)29-3;/h4-11,28H,1-3H3,(H2,22,23,24,25,26);1H. The van der Waals surface area contributed by atoms with Crippen molar-refractivity contribution in [2.45, 2.75) is 0 Å². The zero-order chi connectivity index (χ0) is 20.8. The molecule has 3 aromatic rings. The highest BCUT2D eigenvalue weighted by Gasteiger charge is 2.08. The van der Waals surface area contributed by atoms with Gasteiger partial charge in [0.15, 0.2) is 11.5 Å². The van der Waals surface area contributed by atoms with Gasteiger partial charge in [-0.05, 0) is 48.0 Å². The molecule has 0 spiro atoms. The van der Waals surface area contributed by atoms with Crippen LogP contribution in [0.3, 0.4) is 0 Å². The van der Waals surface area contributed by atoms with E-state index in [9.17, 15) is 9.50 Å². The lowest BCUT2D eigenvalue weighted by Crippen LogP contribution is -2.15. The second kappa shape index (κ2) is 10.2. The van der Waals surface area contributed by atoms with Crippen LogP contribution >= 0.6 is 12.4 Å². The van der Waals surface area contributed by atoms with Crippen molar-refractivity contribution in [2.75, 3.05) is 36.8 Å². The number of aromatic nitrogens is 3. The summed E-state index contributed by atoms with van der Waals surface area (Å²) in [5.41, 5.74) is 4.09. The molecule has 2 aromatic carbocycles. The molecule has 158 valence electrons. The lowest BCUT2D eigenvalue weighted by atomic mass is 10.2. The van der Waals surface area contributed by atoms with E-state index in [2.05, 4.69) is 30.8 Å². The highest BCUT2D eigenvalue weighted by Crippen LogP contribution is 2.25. The third kappa shape index (κ3) is 5.92. The van der Waals surface area contributed by atoms with Crippen molar-refractivity contribution in [3.05, 3.63) is 53.8 Å². The second-order valence-corrected chi connectivity index (χ2v) is 6.11. The van der Waals surface area contributed by atoms with Crippen LogP contribution in [-0.4, -0.2) is 47.5 Å². The van der Waals surface area contributed by atoms with Crippen molar-refractivity contribution in [3.8, 4) is 11.5 Å². The summed E-state index contributed by atoms with van der Waals surface area (Å²) in [6.45, 7) is 0. The maximum absolute atomic E-state index is 13.1. The van der Waals surface area contributed by atoms with Crippen molar-refractivity contribution in [3.63, 3.8) is 0 Å². The number of benzene rings is 2. The second-order valence-electron chi connectivity index (χ2n) is 6.11. The first-order chi connectivity index (χ1) is 13.9. The predicted molar refractivity (Wildman–Crippen MR) is 117 cm³/mol. The van der Waals surface area contributed by atoms with Gasteiger partial charge in [0.1, 0.15) is 5.82 Å². The van der Waals surface area contributed by atoms with Gasteiger partial charge in [-0.3, -0.25) is 0 Å². The maximum atomic E-state index is 13.1. The average Bonchev–Trinajstić information content (AvgIpc) is 2.71. The monoisotopic (exact) mass is 433 g/mol. The van der Waals surface area contributed by atoms with E-state index < -0.39 is 0 Å². The number of aromatic hydroxyl groups is 1. The lowest BCUT2D eigenvalue weighted by molar-refractivity contribution is 0.373. The molecule has 30 heavy (non-hydrogen) atoms. The number of hydrogen-bond donors (Lipinski definition) is 3. The summed E-state index contributed by atoms with van der Waals surface area (Å²) in [5.74, 6) is 0.961. The van der Waals surface area contributed by atoms with Crippen molar-refractivity contribution < 1.29 is 14.2 Å². The van der Waals surface area contributed by atoms with Crippen LogP contribution in [0.25, 0.3) is 0 Å². The molecular formula is C19H21ClFN7O2. The van der Waals surface area contributed by atoms with Gasteiger partial charge in [0.05, 0.1) is 13.3 Å². The first-order valence-corrected chi connectivity index (χ1v) is 8.56. The molecule has 1 aromatic heterocycles. The van der Waals surface area contributed by atoms with Crippen LogP contribution in [0.5, 0.6) is 11.5 Å². The molecule has 11 heteroatoms. The number of nitrogens with one attached hydrogen (secondary N) is 2. The Kier molecular flexibility index (Phi) is 7.70. The quantitative estimate of drug-likeness (QED) is 0.384. The fourth-order valence-electron chi connectivity index (χ4n) is 2.27. The van der Waals surface area contributed by atoms with E-state index in [-0.39, 0.29) is 35.9 Å². The molecule has 3 rings (SSSR count). The summed E-state index contributed by atoms with van der Waals surface area (Å²) in [7, 11) is 5.07. The molecule has 0 aliphatic rings. The van der Waals surface area contributed by atoms with Gasteiger partial charge in [-0.15, -0.1) is 12.4 Å². The van der Waals surface area contributed by atoms with Crippen LogP contribution in [0.1, 0.15) is 5.56 Å². The number of halogens is 2. The van der Waals surface area contributed by atoms with E-state index in [4.69, 9.17) is 4.74 Å². The number of hydrogen-bond acceptors (Lipinski definition) is 9. The van der Waals surface area contributed by atoms with E-state index in [1.807, 2.05) is 0 Å². The first kappa shape index (κ1) is 22.6. The minimum atomic E-state index is -0.331. The van der Waals surface area contributed by atoms with E-state index in [0.717, 1.165) is 0 Å². The molecule has 9 nitrogen and oxygen atoms in total. The molecular weight excluding hydrogens is 413 g/mol. The molecule has 0 unspecified atom stereocenters. The van der Waals surface area contributed by atoms with Gasteiger partial charge < -0.3 is 20.1 Å². The number of phenolic OH excluding ortho intramolecular Hbond substituents is 1. The Morgan fingerprint density at radius 1 is 1.07 bits per heavy atom. The highest BCUT2D eigenvalue weighted by molar-refractivity contribution is 5.85. The van der Waals surface area contributed by atoms with Crippen LogP contribution in [-0.2, 0) is 0 Å². The fraction of sp³-hybridized carbons (Fsp3) is 0.158. The molecule has 0 bridgehead atoms. The Morgan fingerprint density at radius 2 is 1.77 bits per heavy atom. The summed E-state index contributed by atoms with van der Waals surface area (Å²) in [6, 6.07) is 10.7. The van der Waals surface area contributed by atoms with Gasteiger partial charge in [0, 0.05) is 19.8 Å². The van der Waals surface area contributed by atoms with Crippen LogP contribution in [0, 0.1) is 5.82 Å². The Balaban J connectivity index is 0.00000320. The van der Waals surface area contributed by atoms with Gasteiger partial charge in [0.2, 0.25) is 17.8 Å². The Hall–Kier alpha value is -3.66. The number of nitrogens with zero attached hydrogens (tertiary/aromatic N) is 5. The molecule has 0 saturated carbocycles. The lowest BCUT2D eigenvalue weighted by Gasteiger charge is -2.13. The Morgan fingerprint density at radius 3 is 2.43 bits per heavy atom. The molecule has 0 saturated heterocycles. The molecule has 0 radical (unpaired) electrons. The smallest absolute Gasteiger partial charge is 0.250 e. The normalized spacial score (nSPS) is 10.4. The van der Waals surface area contributed by atoms with Crippen molar-refractivity contribution in [2.24, 2.45) is 5.10 Å². The van der Waals surface area contributed by atoms with Gasteiger partial charge in [-0.25, -0.2) is 9.82 Å².